The summed E-state index contributed by atoms with van der Waals surface area (Å²) in [6.45, 7) is 1.54. The molecule has 0 radical (unpaired) electrons. The van der Waals surface area contributed by atoms with Crippen LogP contribution in [0.5, 0.6) is 11.5 Å². The molecule has 0 saturated heterocycles. The fourth-order valence-corrected chi connectivity index (χ4v) is 4.37. The second-order valence-corrected chi connectivity index (χ2v) is 8.46. The van der Waals surface area contributed by atoms with Gasteiger partial charge in [-0.1, -0.05) is 15.9 Å². The summed E-state index contributed by atoms with van der Waals surface area (Å²) >= 11 is 3.44. The highest BCUT2D eigenvalue weighted by Gasteiger charge is 2.24. The van der Waals surface area contributed by atoms with Gasteiger partial charge < -0.3 is 24.5 Å². The summed E-state index contributed by atoms with van der Waals surface area (Å²) in [5, 5.41) is 3.64. The highest BCUT2D eigenvalue weighted by atomic mass is 79.9. The Labute approximate surface area is 193 Å². The molecule has 1 amide bonds. The van der Waals surface area contributed by atoms with Crippen LogP contribution in [0.3, 0.4) is 0 Å². The van der Waals surface area contributed by atoms with E-state index in [-0.39, 0.29) is 18.1 Å². The quantitative estimate of drug-likeness (QED) is 0.500. The van der Waals surface area contributed by atoms with Gasteiger partial charge in [-0.15, -0.1) is 0 Å². The number of carbonyl (C=O) groups is 2. The minimum Gasteiger partial charge on any atom is -0.493 e. The van der Waals surface area contributed by atoms with Crippen LogP contribution in [0.15, 0.2) is 34.8 Å². The van der Waals surface area contributed by atoms with Crippen LogP contribution in [0.25, 0.3) is 10.9 Å². The van der Waals surface area contributed by atoms with E-state index in [4.69, 9.17) is 14.2 Å². The number of nitrogens with zero attached hydrogens (tertiary/aromatic N) is 1. The third kappa shape index (κ3) is 4.31. The van der Waals surface area contributed by atoms with Gasteiger partial charge in [-0.3, -0.25) is 9.69 Å². The number of halogens is 1. The summed E-state index contributed by atoms with van der Waals surface area (Å²) < 4.78 is 16.5. The van der Waals surface area contributed by atoms with Crippen LogP contribution in [-0.4, -0.2) is 56.2 Å². The molecule has 2 N–H and O–H groups in total. The van der Waals surface area contributed by atoms with Crippen molar-refractivity contribution in [3.8, 4) is 11.5 Å². The van der Waals surface area contributed by atoms with Crippen molar-refractivity contribution < 1.29 is 23.8 Å². The molecule has 0 atom stereocenters. The molecule has 3 aromatic rings. The highest BCUT2D eigenvalue weighted by Crippen LogP contribution is 2.34. The number of carbonyl (C=O) groups excluding carboxylic acids is 2. The Morgan fingerprint density at radius 3 is 2.50 bits per heavy atom. The lowest BCUT2D eigenvalue weighted by atomic mass is 9.99. The number of H-pyrrole nitrogens is 1. The van der Waals surface area contributed by atoms with Crippen LogP contribution in [-0.2, 0) is 22.5 Å². The third-order valence-electron chi connectivity index (χ3n) is 5.58. The smallest absolute Gasteiger partial charge is 0.356 e. The molecule has 0 fully saturated rings. The molecule has 2 aromatic carbocycles. The predicted octanol–water partition coefficient (Wildman–Crippen LogP) is 3.73. The molecule has 0 spiro atoms. The molecular formula is C23H24BrN3O5. The highest BCUT2D eigenvalue weighted by molar-refractivity contribution is 9.10. The minimum absolute atomic E-state index is 0.190. The van der Waals surface area contributed by atoms with Crippen LogP contribution in [0.4, 0.5) is 5.69 Å². The summed E-state index contributed by atoms with van der Waals surface area (Å²) in [5.74, 6) is 0.628. The molecule has 0 aliphatic carbocycles. The topological polar surface area (TPSA) is 92.9 Å². The molecular weight excluding hydrogens is 478 g/mol. The lowest BCUT2D eigenvalue weighted by Crippen LogP contribution is -2.37. The molecule has 1 aliphatic heterocycles. The van der Waals surface area contributed by atoms with E-state index in [1.165, 1.54) is 12.7 Å². The maximum atomic E-state index is 12.9. The van der Waals surface area contributed by atoms with Gasteiger partial charge in [0.25, 0.3) is 0 Å². The average Bonchev–Trinajstić information content (AvgIpc) is 3.14. The Bertz CT molecular complexity index is 1190. The number of ether oxygens (including phenoxy) is 3. The number of benzene rings is 2. The van der Waals surface area contributed by atoms with Gasteiger partial charge in [0.1, 0.15) is 5.69 Å². The lowest BCUT2D eigenvalue weighted by Gasteiger charge is -2.29. The zero-order chi connectivity index (χ0) is 22.8. The number of aromatic amines is 1. The summed E-state index contributed by atoms with van der Waals surface area (Å²) in [6.07, 6.45) is 0.802. The molecule has 8 nitrogen and oxygen atoms in total. The summed E-state index contributed by atoms with van der Waals surface area (Å²) in [6, 6.07) is 9.51. The van der Waals surface area contributed by atoms with Crippen LogP contribution in [0.2, 0.25) is 0 Å². The number of aromatic nitrogens is 1. The van der Waals surface area contributed by atoms with Gasteiger partial charge in [-0.2, -0.15) is 0 Å². The average molecular weight is 502 g/mol. The van der Waals surface area contributed by atoms with Crippen molar-refractivity contribution in [3.63, 3.8) is 0 Å². The van der Waals surface area contributed by atoms with E-state index in [1.54, 1.807) is 14.2 Å². The summed E-state index contributed by atoms with van der Waals surface area (Å²) in [7, 11) is 4.54. The molecule has 0 bridgehead atoms. The third-order valence-corrected chi connectivity index (χ3v) is 6.07. The molecule has 0 saturated carbocycles. The standard InChI is InChI=1S/C23H24BrN3O5/c1-30-18-8-13-6-7-27(11-14(13)9-19(18)31-2)12-20(28)26-21-16-10-15(24)4-5-17(16)25-22(21)23(29)32-3/h4-5,8-10,25H,6-7,11-12H2,1-3H3,(H,26,28). The number of nitrogens with one attached hydrogen (secondary N) is 2. The molecule has 1 aliphatic rings. The van der Waals surface area contributed by atoms with Gasteiger partial charge in [-0.05, 0) is 47.9 Å². The monoisotopic (exact) mass is 501 g/mol. The van der Waals surface area contributed by atoms with E-state index in [1.807, 2.05) is 30.3 Å². The van der Waals surface area contributed by atoms with Gasteiger partial charge in [0, 0.05) is 28.5 Å². The predicted molar refractivity (Wildman–Crippen MR) is 124 cm³/mol. The van der Waals surface area contributed by atoms with Crippen molar-refractivity contribution >= 4 is 44.4 Å². The van der Waals surface area contributed by atoms with Crippen molar-refractivity contribution in [3.05, 3.63) is 51.6 Å². The number of hydrogen-bond acceptors (Lipinski definition) is 6. The van der Waals surface area contributed by atoms with E-state index in [0.29, 0.717) is 23.7 Å². The second kappa shape index (κ2) is 9.22. The zero-order valence-corrected chi connectivity index (χ0v) is 19.7. The van der Waals surface area contributed by atoms with Crippen LogP contribution < -0.4 is 14.8 Å². The number of esters is 1. The number of fused-ring (bicyclic) bond motifs is 2. The van der Waals surface area contributed by atoms with E-state index in [9.17, 15) is 9.59 Å². The van der Waals surface area contributed by atoms with Crippen molar-refractivity contribution in [2.75, 3.05) is 39.7 Å². The molecule has 0 unspecified atom stereocenters. The normalized spacial score (nSPS) is 13.5. The molecule has 9 heteroatoms. The molecule has 4 rings (SSSR count). The number of anilines is 1. The Balaban J connectivity index is 1.53. The maximum absolute atomic E-state index is 12.9. The first kappa shape index (κ1) is 22.2. The number of amides is 1. The Hall–Kier alpha value is -3.04. The number of rotatable bonds is 6. The summed E-state index contributed by atoms with van der Waals surface area (Å²) in [5.41, 5.74) is 3.66. The SMILES string of the molecule is COC(=O)c1[nH]c2ccc(Br)cc2c1NC(=O)CN1CCc2cc(OC)c(OC)cc2C1. The van der Waals surface area contributed by atoms with Crippen molar-refractivity contribution in [2.24, 2.45) is 0 Å². The molecule has 32 heavy (non-hydrogen) atoms. The fraction of sp³-hybridized carbons (Fsp3) is 0.304. The molecule has 168 valence electrons. The summed E-state index contributed by atoms with van der Waals surface area (Å²) in [4.78, 5) is 30.3. The Kier molecular flexibility index (Phi) is 6.38. The van der Waals surface area contributed by atoms with Crippen molar-refractivity contribution in [1.29, 1.82) is 0 Å². The minimum atomic E-state index is -0.541. The van der Waals surface area contributed by atoms with Crippen molar-refractivity contribution in [1.82, 2.24) is 9.88 Å². The van der Waals surface area contributed by atoms with Crippen molar-refractivity contribution in [2.45, 2.75) is 13.0 Å². The van der Waals surface area contributed by atoms with Gasteiger partial charge in [0.15, 0.2) is 11.5 Å². The Morgan fingerprint density at radius 1 is 1.09 bits per heavy atom. The lowest BCUT2D eigenvalue weighted by molar-refractivity contribution is -0.117. The van der Waals surface area contributed by atoms with Crippen LogP contribution >= 0.6 is 15.9 Å². The van der Waals surface area contributed by atoms with Gasteiger partial charge >= 0.3 is 5.97 Å². The number of hydrogen-bond donors (Lipinski definition) is 2. The van der Waals surface area contributed by atoms with Gasteiger partial charge in [0.05, 0.1) is 33.6 Å². The second-order valence-electron chi connectivity index (χ2n) is 7.54. The Morgan fingerprint density at radius 2 is 1.81 bits per heavy atom. The fourth-order valence-electron chi connectivity index (χ4n) is 4.01. The first-order chi connectivity index (χ1) is 15.4. The molecule has 2 heterocycles. The van der Waals surface area contributed by atoms with E-state index < -0.39 is 5.97 Å². The zero-order valence-electron chi connectivity index (χ0n) is 18.1. The first-order valence-corrected chi connectivity index (χ1v) is 10.9. The molecule has 1 aromatic heterocycles. The maximum Gasteiger partial charge on any atom is 0.356 e. The van der Waals surface area contributed by atoms with E-state index in [2.05, 4.69) is 31.1 Å². The largest absolute Gasteiger partial charge is 0.493 e. The van der Waals surface area contributed by atoms with Gasteiger partial charge in [-0.25, -0.2) is 4.79 Å². The first-order valence-electron chi connectivity index (χ1n) is 10.1. The van der Waals surface area contributed by atoms with Gasteiger partial charge in [0.2, 0.25) is 5.91 Å². The van der Waals surface area contributed by atoms with Crippen LogP contribution in [0, 0.1) is 0 Å². The van der Waals surface area contributed by atoms with E-state index >= 15 is 0 Å². The van der Waals surface area contributed by atoms with E-state index in [0.717, 1.165) is 33.9 Å². The number of methoxy groups -OCH3 is 3. The van der Waals surface area contributed by atoms with Crippen LogP contribution in [0.1, 0.15) is 21.6 Å².